The number of carbonyl (C=O) groups excluding carboxylic acids is 3. The Morgan fingerprint density at radius 3 is 2.42 bits per heavy atom. The summed E-state index contributed by atoms with van der Waals surface area (Å²) in [6.45, 7) is 2.16. The number of hydrogen-bond donors (Lipinski definition) is 5. The fraction of sp³-hybridized carbons (Fsp3) is 0.286. The minimum Gasteiger partial charge on any atom is -0.356 e. The van der Waals surface area contributed by atoms with Crippen LogP contribution in [0.2, 0.25) is 0 Å². The van der Waals surface area contributed by atoms with Gasteiger partial charge in [-0.1, -0.05) is 0 Å². The molecule has 2 aromatic heterocycles. The van der Waals surface area contributed by atoms with Crippen molar-refractivity contribution in [3.63, 3.8) is 0 Å². The summed E-state index contributed by atoms with van der Waals surface area (Å²) in [4.78, 5) is 59.6. The molecule has 1 aromatic carbocycles. The summed E-state index contributed by atoms with van der Waals surface area (Å²) in [7, 11) is 0. The molecular weight excluding hydrogens is 400 g/mol. The summed E-state index contributed by atoms with van der Waals surface area (Å²) < 4.78 is 0. The zero-order valence-electron chi connectivity index (χ0n) is 17.1. The van der Waals surface area contributed by atoms with Gasteiger partial charge in [0.15, 0.2) is 0 Å². The molecule has 0 saturated carbocycles. The molecule has 31 heavy (non-hydrogen) atoms. The molecule has 2 heterocycles. The Hall–Kier alpha value is -3.95. The smallest absolute Gasteiger partial charge is 0.323 e. The van der Waals surface area contributed by atoms with Gasteiger partial charge in [-0.25, -0.2) is 9.78 Å². The van der Waals surface area contributed by atoms with Crippen LogP contribution in [0.1, 0.15) is 46.7 Å². The van der Waals surface area contributed by atoms with Crippen LogP contribution in [0.25, 0.3) is 0 Å². The molecule has 0 saturated heterocycles. The summed E-state index contributed by atoms with van der Waals surface area (Å²) in [5.41, 5.74) is 2.14. The van der Waals surface area contributed by atoms with Gasteiger partial charge in [0.1, 0.15) is 5.69 Å². The molecule has 5 N–H and O–H groups in total. The van der Waals surface area contributed by atoms with Crippen LogP contribution in [0.5, 0.6) is 0 Å². The van der Waals surface area contributed by atoms with E-state index in [2.05, 4.69) is 30.6 Å². The number of benzene rings is 1. The number of imidazole rings is 2. The van der Waals surface area contributed by atoms with Crippen molar-refractivity contribution in [1.82, 2.24) is 25.3 Å². The molecule has 0 aliphatic carbocycles. The Bertz CT molecular complexity index is 1100. The normalized spacial score (nSPS) is 10.6. The molecule has 0 spiro atoms. The maximum absolute atomic E-state index is 12.4. The van der Waals surface area contributed by atoms with Crippen LogP contribution in [-0.4, -0.2) is 44.1 Å². The highest BCUT2D eigenvalue weighted by atomic mass is 16.2. The highest BCUT2D eigenvalue weighted by molar-refractivity contribution is 6.08. The number of nitrogens with zero attached hydrogens (tertiary/aromatic N) is 1. The number of hydrogen-bond acceptors (Lipinski definition) is 5. The average Bonchev–Trinajstić information content (AvgIpc) is 3.39. The zero-order valence-corrected chi connectivity index (χ0v) is 17.1. The van der Waals surface area contributed by atoms with Crippen molar-refractivity contribution in [3.05, 3.63) is 69.9 Å². The van der Waals surface area contributed by atoms with E-state index in [1.807, 2.05) is 0 Å². The van der Waals surface area contributed by atoms with Gasteiger partial charge in [0.2, 0.25) is 17.6 Å². The fourth-order valence-electron chi connectivity index (χ4n) is 3.01. The topological polar surface area (TPSA) is 153 Å². The van der Waals surface area contributed by atoms with Gasteiger partial charge in [-0.15, -0.1) is 0 Å². The van der Waals surface area contributed by atoms with E-state index in [1.165, 1.54) is 0 Å². The number of aromatic amines is 3. The third-order valence-electron chi connectivity index (χ3n) is 4.65. The Balaban J connectivity index is 1.40. The van der Waals surface area contributed by atoms with Gasteiger partial charge >= 0.3 is 5.69 Å². The predicted molar refractivity (Wildman–Crippen MR) is 114 cm³/mol. The first-order valence-electron chi connectivity index (χ1n) is 9.90. The lowest BCUT2D eigenvalue weighted by molar-refractivity contribution is -0.124. The van der Waals surface area contributed by atoms with E-state index in [0.717, 1.165) is 18.5 Å². The number of nitrogens with one attached hydrogen (secondary N) is 5. The van der Waals surface area contributed by atoms with Crippen LogP contribution in [0.4, 0.5) is 5.69 Å². The van der Waals surface area contributed by atoms with Gasteiger partial charge in [-0.3, -0.25) is 14.4 Å². The van der Waals surface area contributed by atoms with Crippen LogP contribution < -0.4 is 16.3 Å². The first-order chi connectivity index (χ1) is 14.9. The van der Waals surface area contributed by atoms with E-state index in [-0.39, 0.29) is 36.1 Å². The first kappa shape index (κ1) is 21.8. The van der Waals surface area contributed by atoms with E-state index < -0.39 is 5.69 Å². The molecule has 162 valence electrons. The zero-order chi connectivity index (χ0) is 22.2. The SMILES string of the molecule is Cc1[nH]c(=O)[nH]c1C(=O)c1ccc(NC(=O)CCC(=O)NCCCc2cnc[nH]2)cc1. The summed E-state index contributed by atoms with van der Waals surface area (Å²) >= 11 is 0. The highest BCUT2D eigenvalue weighted by Gasteiger charge is 2.15. The van der Waals surface area contributed by atoms with Crippen LogP contribution >= 0.6 is 0 Å². The number of anilines is 1. The Labute approximate surface area is 177 Å². The minimum atomic E-state index is -0.438. The second-order valence-corrected chi connectivity index (χ2v) is 7.06. The molecule has 0 unspecified atom stereocenters. The largest absolute Gasteiger partial charge is 0.356 e. The van der Waals surface area contributed by atoms with Crippen molar-refractivity contribution in [2.45, 2.75) is 32.6 Å². The van der Waals surface area contributed by atoms with E-state index in [1.54, 1.807) is 43.7 Å². The molecule has 0 atom stereocenters. The predicted octanol–water partition coefficient (Wildman–Crippen LogP) is 1.43. The molecule has 0 aliphatic rings. The summed E-state index contributed by atoms with van der Waals surface area (Å²) in [5.74, 6) is -0.799. The van der Waals surface area contributed by atoms with Gasteiger partial charge in [-0.2, -0.15) is 0 Å². The van der Waals surface area contributed by atoms with E-state index in [4.69, 9.17) is 0 Å². The van der Waals surface area contributed by atoms with Gasteiger partial charge in [0.05, 0.1) is 6.33 Å². The third kappa shape index (κ3) is 6.26. The standard InChI is InChI=1S/C21H24N6O4/c1-13-19(27-21(31)25-13)20(30)14-4-6-15(7-5-14)26-18(29)9-8-17(28)23-10-2-3-16-11-22-12-24-16/h4-7,11-12H,2-3,8-10H2,1H3,(H,22,24)(H,23,28)(H,26,29)(H2,25,27,31). The minimum absolute atomic E-state index is 0.0524. The Morgan fingerprint density at radius 2 is 1.77 bits per heavy atom. The lowest BCUT2D eigenvalue weighted by Gasteiger charge is -2.07. The monoisotopic (exact) mass is 424 g/mol. The lowest BCUT2D eigenvalue weighted by Crippen LogP contribution is -2.26. The lowest BCUT2D eigenvalue weighted by atomic mass is 10.1. The highest BCUT2D eigenvalue weighted by Crippen LogP contribution is 2.14. The quantitative estimate of drug-likeness (QED) is 0.246. The van der Waals surface area contributed by atoms with Crippen LogP contribution in [0.3, 0.4) is 0 Å². The molecule has 3 aromatic rings. The molecule has 0 aliphatic heterocycles. The number of H-pyrrole nitrogens is 3. The van der Waals surface area contributed by atoms with Gasteiger partial charge < -0.3 is 25.6 Å². The number of rotatable bonds is 10. The molecule has 0 fully saturated rings. The number of aryl methyl sites for hydroxylation is 2. The molecule has 10 nitrogen and oxygen atoms in total. The van der Waals surface area contributed by atoms with Crippen molar-refractivity contribution in [1.29, 1.82) is 0 Å². The van der Waals surface area contributed by atoms with Crippen LogP contribution in [0, 0.1) is 6.92 Å². The van der Waals surface area contributed by atoms with Crippen LogP contribution in [0.15, 0.2) is 41.6 Å². The second kappa shape index (κ2) is 10.2. The number of amides is 2. The maximum atomic E-state index is 12.4. The van der Waals surface area contributed by atoms with E-state index >= 15 is 0 Å². The van der Waals surface area contributed by atoms with Gasteiger partial charge in [0.25, 0.3) is 0 Å². The summed E-state index contributed by atoms with van der Waals surface area (Å²) in [6, 6.07) is 6.33. The third-order valence-corrected chi connectivity index (χ3v) is 4.65. The number of carbonyl (C=O) groups is 3. The Morgan fingerprint density at radius 1 is 1.03 bits per heavy atom. The summed E-state index contributed by atoms with van der Waals surface area (Å²) in [5, 5.41) is 5.49. The molecular formula is C21H24N6O4. The number of ketones is 1. The average molecular weight is 424 g/mol. The van der Waals surface area contributed by atoms with Crippen molar-refractivity contribution >= 4 is 23.3 Å². The second-order valence-electron chi connectivity index (χ2n) is 7.06. The van der Waals surface area contributed by atoms with Crippen LogP contribution in [-0.2, 0) is 16.0 Å². The van der Waals surface area contributed by atoms with E-state index in [0.29, 0.717) is 23.5 Å². The Kier molecular flexibility index (Phi) is 7.15. The molecule has 10 heteroatoms. The van der Waals surface area contributed by atoms with E-state index in [9.17, 15) is 19.2 Å². The van der Waals surface area contributed by atoms with Crippen molar-refractivity contribution in [2.24, 2.45) is 0 Å². The summed E-state index contributed by atoms with van der Waals surface area (Å²) in [6.07, 6.45) is 5.07. The molecule has 0 bridgehead atoms. The van der Waals surface area contributed by atoms with Crippen molar-refractivity contribution in [2.75, 3.05) is 11.9 Å². The van der Waals surface area contributed by atoms with Crippen molar-refractivity contribution in [3.8, 4) is 0 Å². The van der Waals surface area contributed by atoms with Gasteiger partial charge in [0, 0.05) is 48.2 Å². The van der Waals surface area contributed by atoms with Crippen molar-refractivity contribution < 1.29 is 14.4 Å². The number of aromatic nitrogens is 4. The molecule has 3 rings (SSSR count). The maximum Gasteiger partial charge on any atom is 0.323 e. The first-order valence-corrected chi connectivity index (χ1v) is 9.90. The fourth-order valence-corrected chi connectivity index (χ4v) is 3.01. The van der Waals surface area contributed by atoms with Gasteiger partial charge in [-0.05, 0) is 44.0 Å². The molecule has 2 amide bonds. The molecule has 0 radical (unpaired) electrons.